The fraction of sp³-hybridized carbons (Fsp3) is 0.600. The molecule has 0 unspecified atom stereocenters. The largest absolute Gasteiger partial charge is 0.496 e. The minimum absolute atomic E-state index is 0.630. The molecule has 0 atom stereocenters. The van der Waals surface area contributed by atoms with Crippen LogP contribution in [0.3, 0.4) is 0 Å². The molecule has 2 nitrogen and oxygen atoms in total. The molecular formula is C15H22O2. The molecule has 2 heteroatoms. The van der Waals surface area contributed by atoms with E-state index >= 15 is 0 Å². The SMILES string of the molecule is COc1ccc(C)cc1C1(O)CC(C(C)C)C1. The van der Waals surface area contributed by atoms with E-state index in [0.29, 0.717) is 11.8 Å². The normalized spacial score (nSPS) is 28.0. The van der Waals surface area contributed by atoms with Gasteiger partial charge in [0.2, 0.25) is 0 Å². The topological polar surface area (TPSA) is 29.5 Å². The molecular weight excluding hydrogens is 212 g/mol. The lowest BCUT2D eigenvalue weighted by molar-refractivity contribution is -0.0945. The number of methoxy groups -OCH3 is 1. The number of aliphatic hydroxyl groups is 1. The Bertz CT molecular complexity index is 403. The van der Waals surface area contributed by atoms with Gasteiger partial charge in [-0.05, 0) is 43.7 Å². The summed E-state index contributed by atoms with van der Waals surface area (Å²) >= 11 is 0. The van der Waals surface area contributed by atoms with Crippen LogP contribution < -0.4 is 4.74 Å². The van der Waals surface area contributed by atoms with E-state index in [4.69, 9.17) is 4.74 Å². The van der Waals surface area contributed by atoms with Crippen LogP contribution in [0.5, 0.6) is 5.75 Å². The van der Waals surface area contributed by atoms with Crippen molar-refractivity contribution in [1.82, 2.24) is 0 Å². The van der Waals surface area contributed by atoms with E-state index < -0.39 is 5.60 Å². The molecule has 1 aromatic carbocycles. The number of hydrogen-bond donors (Lipinski definition) is 1. The molecule has 2 rings (SSSR count). The molecule has 0 radical (unpaired) electrons. The first-order chi connectivity index (χ1) is 7.96. The van der Waals surface area contributed by atoms with Crippen LogP contribution in [0.25, 0.3) is 0 Å². The Morgan fingerprint density at radius 3 is 2.53 bits per heavy atom. The Kier molecular flexibility index (Phi) is 3.17. The van der Waals surface area contributed by atoms with Gasteiger partial charge < -0.3 is 9.84 Å². The summed E-state index contributed by atoms with van der Waals surface area (Å²) in [6, 6.07) is 6.02. The van der Waals surface area contributed by atoms with Crippen molar-refractivity contribution in [2.24, 2.45) is 11.8 Å². The lowest BCUT2D eigenvalue weighted by atomic mass is 9.63. The number of rotatable bonds is 3. The molecule has 0 saturated heterocycles. The van der Waals surface area contributed by atoms with Gasteiger partial charge in [0.05, 0.1) is 12.7 Å². The molecule has 1 N–H and O–H groups in total. The van der Waals surface area contributed by atoms with Crippen LogP contribution in [0, 0.1) is 18.8 Å². The van der Waals surface area contributed by atoms with E-state index in [1.165, 1.54) is 5.56 Å². The monoisotopic (exact) mass is 234 g/mol. The first kappa shape index (κ1) is 12.4. The number of ether oxygens (including phenoxy) is 1. The molecule has 94 valence electrons. The second-order valence-corrected chi connectivity index (χ2v) is 5.65. The highest BCUT2D eigenvalue weighted by Gasteiger charge is 2.46. The Hall–Kier alpha value is -1.02. The molecule has 1 aromatic rings. The van der Waals surface area contributed by atoms with E-state index in [0.717, 1.165) is 24.2 Å². The van der Waals surface area contributed by atoms with Crippen molar-refractivity contribution in [3.05, 3.63) is 29.3 Å². The van der Waals surface area contributed by atoms with Gasteiger partial charge in [-0.15, -0.1) is 0 Å². The van der Waals surface area contributed by atoms with E-state index in [1.54, 1.807) is 7.11 Å². The van der Waals surface area contributed by atoms with Gasteiger partial charge in [0.25, 0.3) is 0 Å². The second kappa shape index (κ2) is 4.34. The van der Waals surface area contributed by atoms with Crippen LogP contribution >= 0.6 is 0 Å². The van der Waals surface area contributed by atoms with Crippen molar-refractivity contribution < 1.29 is 9.84 Å². The lowest BCUT2D eigenvalue weighted by Crippen LogP contribution is -2.43. The highest BCUT2D eigenvalue weighted by Crippen LogP contribution is 2.51. The van der Waals surface area contributed by atoms with Crippen molar-refractivity contribution in [3.63, 3.8) is 0 Å². The van der Waals surface area contributed by atoms with E-state index in [1.807, 2.05) is 19.1 Å². The summed E-state index contributed by atoms with van der Waals surface area (Å²) in [6.07, 6.45) is 1.70. The first-order valence-corrected chi connectivity index (χ1v) is 6.34. The molecule has 0 aliphatic heterocycles. The van der Waals surface area contributed by atoms with Crippen LogP contribution in [0.15, 0.2) is 18.2 Å². The molecule has 1 aliphatic carbocycles. The predicted octanol–water partition coefficient (Wildman–Crippen LogP) is 3.26. The summed E-state index contributed by atoms with van der Waals surface area (Å²) in [7, 11) is 1.66. The minimum atomic E-state index is -0.674. The molecule has 1 aliphatic rings. The van der Waals surface area contributed by atoms with E-state index in [9.17, 15) is 5.11 Å². The fourth-order valence-corrected chi connectivity index (χ4v) is 2.68. The molecule has 17 heavy (non-hydrogen) atoms. The highest BCUT2D eigenvalue weighted by atomic mass is 16.5. The quantitative estimate of drug-likeness (QED) is 0.870. The van der Waals surface area contributed by atoms with Gasteiger partial charge in [0, 0.05) is 5.56 Å². The highest BCUT2D eigenvalue weighted by molar-refractivity contribution is 5.42. The Balaban J connectivity index is 2.26. The molecule has 0 amide bonds. The van der Waals surface area contributed by atoms with Crippen LogP contribution in [-0.4, -0.2) is 12.2 Å². The Labute approximate surface area is 104 Å². The van der Waals surface area contributed by atoms with Crippen molar-refractivity contribution in [2.45, 2.75) is 39.2 Å². The minimum Gasteiger partial charge on any atom is -0.496 e. The molecule has 0 heterocycles. The zero-order valence-electron chi connectivity index (χ0n) is 11.2. The summed E-state index contributed by atoms with van der Waals surface area (Å²) in [5.74, 6) is 2.08. The standard InChI is InChI=1S/C15H22O2/c1-10(2)12-8-15(16,9-12)13-7-11(3)5-6-14(13)17-4/h5-7,10,12,16H,8-9H2,1-4H3. The third kappa shape index (κ3) is 2.19. The van der Waals surface area contributed by atoms with Crippen molar-refractivity contribution in [1.29, 1.82) is 0 Å². The molecule has 1 fully saturated rings. The summed E-state index contributed by atoms with van der Waals surface area (Å²) < 4.78 is 5.36. The smallest absolute Gasteiger partial charge is 0.124 e. The van der Waals surface area contributed by atoms with Gasteiger partial charge in [-0.3, -0.25) is 0 Å². The first-order valence-electron chi connectivity index (χ1n) is 6.34. The molecule has 0 aromatic heterocycles. The van der Waals surface area contributed by atoms with Crippen molar-refractivity contribution in [3.8, 4) is 5.75 Å². The number of benzene rings is 1. The van der Waals surface area contributed by atoms with Crippen LogP contribution in [-0.2, 0) is 5.60 Å². The van der Waals surface area contributed by atoms with Crippen molar-refractivity contribution in [2.75, 3.05) is 7.11 Å². The van der Waals surface area contributed by atoms with Gasteiger partial charge in [0.1, 0.15) is 5.75 Å². The van der Waals surface area contributed by atoms with Gasteiger partial charge in [-0.2, -0.15) is 0 Å². The maximum absolute atomic E-state index is 10.7. The zero-order valence-corrected chi connectivity index (χ0v) is 11.2. The van der Waals surface area contributed by atoms with Gasteiger partial charge in [0.15, 0.2) is 0 Å². The van der Waals surface area contributed by atoms with E-state index in [2.05, 4.69) is 19.9 Å². The lowest BCUT2D eigenvalue weighted by Gasteiger charge is -2.46. The summed E-state index contributed by atoms with van der Waals surface area (Å²) in [5, 5.41) is 10.7. The maximum Gasteiger partial charge on any atom is 0.124 e. The van der Waals surface area contributed by atoms with Gasteiger partial charge >= 0.3 is 0 Å². The molecule has 0 spiro atoms. The van der Waals surface area contributed by atoms with Crippen LogP contribution in [0.1, 0.15) is 37.8 Å². The summed E-state index contributed by atoms with van der Waals surface area (Å²) in [6.45, 7) is 6.49. The Morgan fingerprint density at radius 1 is 1.35 bits per heavy atom. The van der Waals surface area contributed by atoms with Crippen molar-refractivity contribution >= 4 is 0 Å². The predicted molar refractivity (Wildman–Crippen MR) is 69.2 cm³/mol. The average Bonchev–Trinajstić information content (AvgIpc) is 2.24. The zero-order chi connectivity index (χ0) is 12.6. The Morgan fingerprint density at radius 2 is 2.00 bits per heavy atom. The average molecular weight is 234 g/mol. The second-order valence-electron chi connectivity index (χ2n) is 5.65. The third-order valence-corrected chi connectivity index (χ3v) is 4.00. The third-order valence-electron chi connectivity index (χ3n) is 4.00. The molecule has 1 saturated carbocycles. The molecule has 0 bridgehead atoms. The summed E-state index contributed by atoms with van der Waals surface area (Å²) in [5.41, 5.74) is 1.45. The van der Waals surface area contributed by atoms with Gasteiger partial charge in [-0.25, -0.2) is 0 Å². The maximum atomic E-state index is 10.7. The number of hydrogen-bond acceptors (Lipinski definition) is 2. The summed E-state index contributed by atoms with van der Waals surface area (Å²) in [4.78, 5) is 0. The van der Waals surface area contributed by atoms with Crippen LogP contribution in [0.4, 0.5) is 0 Å². The van der Waals surface area contributed by atoms with Crippen LogP contribution in [0.2, 0.25) is 0 Å². The number of aryl methyl sites for hydroxylation is 1. The van der Waals surface area contributed by atoms with Gasteiger partial charge in [-0.1, -0.05) is 25.5 Å². The van der Waals surface area contributed by atoms with E-state index in [-0.39, 0.29) is 0 Å². The fourth-order valence-electron chi connectivity index (χ4n) is 2.68.